The molecule has 0 aromatic carbocycles. The van der Waals surface area contributed by atoms with Crippen LogP contribution in [0.2, 0.25) is 0 Å². The van der Waals surface area contributed by atoms with E-state index in [1.807, 2.05) is 29.6 Å². The van der Waals surface area contributed by atoms with Gasteiger partial charge in [0.2, 0.25) is 17.6 Å². The fourth-order valence-corrected chi connectivity index (χ4v) is 3.82. The van der Waals surface area contributed by atoms with Crippen LogP contribution in [0.5, 0.6) is 0 Å². The fourth-order valence-electron chi connectivity index (χ4n) is 3.18. The van der Waals surface area contributed by atoms with Crippen LogP contribution in [0.25, 0.3) is 10.7 Å². The molecule has 3 aromatic rings. The summed E-state index contributed by atoms with van der Waals surface area (Å²) < 4.78 is 10.8. The van der Waals surface area contributed by atoms with Crippen LogP contribution < -0.4 is 5.32 Å². The van der Waals surface area contributed by atoms with Crippen LogP contribution in [0, 0.1) is 0 Å². The van der Waals surface area contributed by atoms with Gasteiger partial charge in [0, 0.05) is 0 Å². The molecule has 0 bridgehead atoms. The lowest BCUT2D eigenvalue weighted by atomic mass is 10.0. The lowest BCUT2D eigenvalue weighted by Gasteiger charge is -2.32. The second kappa shape index (κ2) is 7.84. The van der Waals surface area contributed by atoms with Crippen LogP contribution in [-0.2, 0) is 11.3 Å². The van der Waals surface area contributed by atoms with Crippen LogP contribution >= 0.6 is 11.3 Å². The molecule has 1 atom stereocenters. The lowest BCUT2D eigenvalue weighted by Crippen LogP contribution is -2.41. The standard InChI is InChI=1S/C18H20N4O3S/c23-16(19-11-13-5-3-9-24-13)12-22-8-2-1-6-14(22)18-20-17(21-25-18)15-7-4-10-26-15/h3-5,7,9-10,14H,1-2,6,8,11-12H2,(H,19,23). The number of nitrogens with one attached hydrogen (secondary N) is 1. The third-order valence-corrected chi connectivity index (χ3v) is 5.33. The highest BCUT2D eigenvalue weighted by atomic mass is 32.1. The van der Waals surface area contributed by atoms with Gasteiger partial charge in [0.1, 0.15) is 5.76 Å². The van der Waals surface area contributed by atoms with Crippen molar-refractivity contribution < 1.29 is 13.7 Å². The number of hydrogen-bond donors (Lipinski definition) is 1. The predicted octanol–water partition coefficient (Wildman–Crippen LogP) is 3.23. The predicted molar refractivity (Wildman–Crippen MR) is 96.3 cm³/mol. The summed E-state index contributed by atoms with van der Waals surface area (Å²) in [5, 5.41) is 8.98. The summed E-state index contributed by atoms with van der Waals surface area (Å²) in [6.07, 6.45) is 4.67. The van der Waals surface area contributed by atoms with Gasteiger partial charge in [-0.2, -0.15) is 4.98 Å². The second-order valence-electron chi connectivity index (χ2n) is 6.27. The van der Waals surface area contributed by atoms with E-state index in [2.05, 4.69) is 20.4 Å². The minimum atomic E-state index is -0.0358. The highest BCUT2D eigenvalue weighted by Crippen LogP contribution is 2.31. The molecule has 0 spiro atoms. The molecule has 1 unspecified atom stereocenters. The van der Waals surface area contributed by atoms with Crippen molar-refractivity contribution in [3.8, 4) is 10.7 Å². The van der Waals surface area contributed by atoms with E-state index in [1.165, 1.54) is 0 Å². The molecule has 8 heteroatoms. The quantitative estimate of drug-likeness (QED) is 0.715. The summed E-state index contributed by atoms with van der Waals surface area (Å²) >= 11 is 1.58. The molecule has 4 heterocycles. The minimum absolute atomic E-state index is 0.0145. The van der Waals surface area contributed by atoms with Gasteiger partial charge >= 0.3 is 0 Å². The van der Waals surface area contributed by atoms with E-state index in [1.54, 1.807) is 17.6 Å². The molecule has 1 fully saturated rings. The first-order valence-corrected chi connectivity index (χ1v) is 9.58. The smallest absolute Gasteiger partial charge is 0.244 e. The molecule has 4 rings (SSSR count). The molecule has 0 aliphatic carbocycles. The van der Waals surface area contributed by atoms with Crippen molar-refractivity contribution >= 4 is 17.2 Å². The first kappa shape index (κ1) is 17.0. The van der Waals surface area contributed by atoms with Crippen LogP contribution in [-0.4, -0.2) is 34.0 Å². The Hall–Kier alpha value is -2.45. The summed E-state index contributed by atoms with van der Waals surface area (Å²) in [7, 11) is 0. The number of likely N-dealkylation sites (tertiary alicyclic amines) is 1. The van der Waals surface area contributed by atoms with E-state index < -0.39 is 0 Å². The third kappa shape index (κ3) is 3.86. The van der Waals surface area contributed by atoms with Crippen LogP contribution in [0.4, 0.5) is 0 Å². The highest BCUT2D eigenvalue weighted by molar-refractivity contribution is 7.13. The van der Waals surface area contributed by atoms with E-state index >= 15 is 0 Å². The number of carbonyl (C=O) groups excluding carboxylic acids is 1. The van der Waals surface area contributed by atoms with Crippen molar-refractivity contribution in [1.82, 2.24) is 20.4 Å². The number of thiophene rings is 1. The molecule has 1 aliphatic heterocycles. The number of hydrogen-bond acceptors (Lipinski definition) is 7. The number of furan rings is 1. The summed E-state index contributed by atoms with van der Waals surface area (Å²) in [4.78, 5) is 20.0. The number of nitrogens with zero attached hydrogens (tertiary/aromatic N) is 3. The topological polar surface area (TPSA) is 84.4 Å². The molecule has 1 saturated heterocycles. The molecule has 1 N–H and O–H groups in total. The Morgan fingerprint density at radius 2 is 2.31 bits per heavy atom. The molecule has 26 heavy (non-hydrogen) atoms. The first-order valence-electron chi connectivity index (χ1n) is 8.70. The molecule has 0 radical (unpaired) electrons. The van der Waals surface area contributed by atoms with E-state index in [0.29, 0.717) is 24.8 Å². The van der Waals surface area contributed by atoms with Gasteiger partial charge in [0.05, 0.1) is 30.3 Å². The summed E-state index contributed by atoms with van der Waals surface area (Å²) in [6, 6.07) is 7.57. The van der Waals surface area contributed by atoms with Crippen molar-refractivity contribution in [1.29, 1.82) is 0 Å². The van der Waals surface area contributed by atoms with Crippen molar-refractivity contribution in [3.63, 3.8) is 0 Å². The van der Waals surface area contributed by atoms with E-state index in [-0.39, 0.29) is 11.9 Å². The van der Waals surface area contributed by atoms with Crippen molar-refractivity contribution in [3.05, 3.63) is 47.6 Å². The number of aromatic nitrogens is 2. The number of piperidine rings is 1. The van der Waals surface area contributed by atoms with E-state index in [9.17, 15) is 4.79 Å². The van der Waals surface area contributed by atoms with Gasteiger partial charge in [-0.25, -0.2) is 0 Å². The average Bonchev–Trinajstić information content (AvgIpc) is 3.42. The molecule has 1 aliphatic rings. The third-order valence-electron chi connectivity index (χ3n) is 4.47. The Morgan fingerprint density at radius 3 is 3.12 bits per heavy atom. The Labute approximate surface area is 155 Å². The summed E-state index contributed by atoms with van der Waals surface area (Å²) in [5.74, 6) is 1.91. The van der Waals surface area contributed by atoms with Gasteiger partial charge in [-0.15, -0.1) is 11.3 Å². The zero-order chi connectivity index (χ0) is 17.8. The first-order chi connectivity index (χ1) is 12.8. The van der Waals surface area contributed by atoms with Gasteiger partial charge in [0.15, 0.2) is 0 Å². The molecule has 0 saturated carbocycles. The molecule has 1 amide bonds. The van der Waals surface area contributed by atoms with Crippen molar-refractivity contribution in [2.75, 3.05) is 13.1 Å². The molecule has 136 valence electrons. The Kier molecular flexibility index (Phi) is 5.12. The van der Waals surface area contributed by atoms with Gasteiger partial charge < -0.3 is 14.3 Å². The van der Waals surface area contributed by atoms with Gasteiger partial charge in [0.25, 0.3) is 0 Å². The number of amides is 1. The van der Waals surface area contributed by atoms with Crippen LogP contribution in [0.15, 0.2) is 44.8 Å². The maximum atomic E-state index is 12.3. The van der Waals surface area contributed by atoms with E-state index in [4.69, 9.17) is 8.94 Å². The summed E-state index contributed by atoms with van der Waals surface area (Å²) in [6.45, 7) is 1.55. The Morgan fingerprint density at radius 1 is 1.35 bits per heavy atom. The Balaban J connectivity index is 1.40. The fraction of sp³-hybridized carbons (Fsp3) is 0.389. The SMILES string of the molecule is O=C(CN1CCCCC1c1nc(-c2cccs2)no1)NCc1ccco1. The highest BCUT2D eigenvalue weighted by Gasteiger charge is 2.30. The van der Waals surface area contributed by atoms with Crippen LogP contribution in [0.1, 0.15) is 37.0 Å². The maximum Gasteiger partial charge on any atom is 0.244 e. The zero-order valence-corrected chi connectivity index (χ0v) is 15.1. The van der Waals surface area contributed by atoms with Crippen molar-refractivity contribution in [2.45, 2.75) is 31.8 Å². The van der Waals surface area contributed by atoms with Gasteiger partial charge in [-0.05, 0) is 43.0 Å². The molecular weight excluding hydrogens is 352 g/mol. The molecular formula is C18H20N4O3S. The second-order valence-corrected chi connectivity index (χ2v) is 7.22. The molecule has 3 aromatic heterocycles. The lowest BCUT2D eigenvalue weighted by molar-refractivity contribution is -0.123. The van der Waals surface area contributed by atoms with Gasteiger partial charge in [-0.3, -0.25) is 9.69 Å². The number of rotatable bonds is 6. The monoisotopic (exact) mass is 372 g/mol. The molecule has 7 nitrogen and oxygen atoms in total. The Bertz CT molecular complexity index is 829. The van der Waals surface area contributed by atoms with Gasteiger partial charge in [-0.1, -0.05) is 17.6 Å². The summed E-state index contributed by atoms with van der Waals surface area (Å²) in [5.41, 5.74) is 0. The van der Waals surface area contributed by atoms with Crippen LogP contribution in [0.3, 0.4) is 0 Å². The zero-order valence-electron chi connectivity index (χ0n) is 14.3. The normalized spacial score (nSPS) is 18.1. The van der Waals surface area contributed by atoms with Crippen molar-refractivity contribution in [2.24, 2.45) is 0 Å². The number of carbonyl (C=O) groups is 1. The minimum Gasteiger partial charge on any atom is -0.467 e. The largest absolute Gasteiger partial charge is 0.467 e. The maximum absolute atomic E-state index is 12.3. The van der Waals surface area contributed by atoms with E-state index in [0.717, 1.165) is 36.4 Å². The average molecular weight is 372 g/mol.